The Hall–Kier alpha value is -1.61. The summed E-state index contributed by atoms with van der Waals surface area (Å²) in [6.07, 6.45) is 2.03. The molecule has 2 aromatic rings. The Balaban J connectivity index is 2.41. The van der Waals surface area contributed by atoms with Crippen LogP contribution in [0.4, 0.5) is 0 Å². The third-order valence-corrected chi connectivity index (χ3v) is 3.04. The average Bonchev–Trinajstić information content (AvgIpc) is 2.38. The molecule has 0 unspecified atom stereocenters. The van der Waals surface area contributed by atoms with Crippen molar-refractivity contribution in [3.05, 3.63) is 42.0 Å². The van der Waals surface area contributed by atoms with E-state index >= 15 is 0 Å². The molecule has 1 radical (unpaired) electrons. The van der Waals surface area contributed by atoms with E-state index in [1.807, 2.05) is 36.4 Å². The standard InChI is InChI=1S/C15H15O2S/c1-2-3-8-17-14-10-12-7-5-4-6-11(12)9-13(14)15(16)18/h4-7,9-10H,2-3,8H2,1H3. The zero-order valence-electron chi connectivity index (χ0n) is 10.3. The van der Waals surface area contributed by atoms with Gasteiger partial charge in [0.1, 0.15) is 5.75 Å². The minimum atomic E-state index is -0.368. The summed E-state index contributed by atoms with van der Waals surface area (Å²) in [6.45, 7) is 2.72. The Morgan fingerprint density at radius 3 is 2.50 bits per heavy atom. The highest BCUT2D eigenvalue weighted by Gasteiger charge is 2.11. The van der Waals surface area contributed by atoms with Crippen LogP contribution in [-0.2, 0) is 0 Å². The summed E-state index contributed by atoms with van der Waals surface area (Å²) in [7, 11) is 0. The molecule has 0 saturated carbocycles. The first-order chi connectivity index (χ1) is 8.72. The van der Waals surface area contributed by atoms with Gasteiger partial charge in [0.25, 0.3) is 5.12 Å². The molecule has 0 bridgehead atoms. The van der Waals surface area contributed by atoms with Crippen LogP contribution in [0.25, 0.3) is 10.8 Å². The van der Waals surface area contributed by atoms with Crippen LogP contribution >= 0.6 is 12.6 Å². The smallest absolute Gasteiger partial charge is 0.253 e. The van der Waals surface area contributed by atoms with Gasteiger partial charge < -0.3 is 4.74 Å². The van der Waals surface area contributed by atoms with Crippen LogP contribution in [0.1, 0.15) is 30.1 Å². The molecule has 0 fully saturated rings. The van der Waals surface area contributed by atoms with Gasteiger partial charge in [0.05, 0.1) is 12.2 Å². The summed E-state index contributed by atoms with van der Waals surface area (Å²) in [5.74, 6) is 0.599. The van der Waals surface area contributed by atoms with Crippen molar-refractivity contribution >= 4 is 28.5 Å². The zero-order valence-corrected chi connectivity index (χ0v) is 11.1. The minimum absolute atomic E-state index is 0.368. The number of unbranched alkanes of at least 4 members (excludes halogenated alkanes) is 1. The van der Waals surface area contributed by atoms with E-state index in [2.05, 4.69) is 6.92 Å². The Kier molecular flexibility index (Phi) is 4.15. The number of fused-ring (bicyclic) bond motifs is 1. The molecular weight excluding hydrogens is 244 g/mol. The van der Waals surface area contributed by atoms with Crippen molar-refractivity contribution in [2.45, 2.75) is 19.8 Å². The molecule has 0 aliphatic rings. The van der Waals surface area contributed by atoms with Gasteiger partial charge in [0.15, 0.2) is 0 Å². The van der Waals surface area contributed by atoms with Gasteiger partial charge in [-0.3, -0.25) is 4.79 Å². The second-order valence-corrected chi connectivity index (χ2v) is 4.56. The van der Waals surface area contributed by atoms with Gasteiger partial charge in [-0.25, -0.2) is 0 Å². The van der Waals surface area contributed by atoms with E-state index in [4.69, 9.17) is 17.4 Å². The van der Waals surface area contributed by atoms with E-state index in [9.17, 15) is 4.79 Å². The highest BCUT2D eigenvalue weighted by atomic mass is 32.1. The molecular formula is C15H15O2S. The molecule has 2 aromatic carbocycles. The lowest BCUT2D eigenvalue weighted by Crippen LogP contribution is -2.01. The van der Waals surface area contributed by atoms with Crippen molar-refractivity contribution in [1.29, 1.82) is 0 Å². The van der Waals surface area contributed by atoms with Crippen molar-refractivity contribution in [2.75, 3.05) is 6.61 Å². The lowest BCUT2D eigenvalue weighted by Gasteiger charge is -2.10. The lowest BCUT2D eigenvalue weighted by atomic mass is 10.1. The number of hydrogen-bond acceptors (Lipinski definition) is 2. The van der Waals surface area contributed by atoms with Crippen LogP contribution in [0.3, 0.4) is 0 Å². The second-order valence-electron chi connectivity index (χ2n) is 4.18. The fourth-order valence-electron chi connectivity index (χ4n) is 1.82. The van der Waals surface area contributed by atoms with Crippen molar-refractivity contribution in [3.8, 4) is 5.75 Å². The van der Waals surface area contributed by atoms with Crippen LogP contribution < -0.4 is 4.74 Å². The first-order valence-electron chi connectivity index (χ1n) is 6.09. The highest BCUT2D eigenvalue weighted by Crippen LogP contribution is 2.27. The Labute approximate surface area is 112 Å². The predicted molar refractivity (Wildman–Crippen MR) is 76.3 cm³/mol. The van der Waals surface area contributed by atoms with Gasteiger partial charge >= 0.3 is 0 Å². The van der Waals surface area contributed by atoms with Gasteiger partial charge in [-0.05, 0) is 42.0 Å². The van der Waals surface area contributed by atoms with Crippen molar-refractivity contribution < 1.29 is 9.53 Å². The summed E-state index contributed by atoms with van der Waals surface area (Å²) in [5, 5.41) is 1.70. The maximum absolute atomic E-state index is 11.5. The molecule has 0 aliphatic heterocycles. The highest BCUT2D eigenvalue weighted by molar-refractivity contribution is 7.97. The monoisotopic (exact) mass is 259 g/mol. The fraction of sp³-hybridized carbons (Fsp3) is 0.267. The Morgan fingerprint density at radius 1 is 1.22 bits per heavy atom. The van der Waals surface area contributed by atoms with E-state index < -0.39 is 0 Å². The molecule has 2 rings (SSSR count). The topological polar surface area (TPSA) is 26.3 Å². The van der Waals surface area contributed by atoms with Crippen molar-refractivity contribution in [2.24, 2.45) is 0 Å². The van der Waals surface area contributed by atoms with Gasteiger partial charge in [-0.2, -0.15) is 0 Å². The van der Waals surface area contributed by atoms with Crippen LogP contribution in [0, 0.1) is 0 Å². The number of rotatable bonds is 5. The number of hydrogen-bond donors (Lipinski definition) is 0. The molecule has 18 heavy (non-hydrogen) atoms. The molecule has 93 valence electrons. The zero-order chi connectivity index (χ0) is 13.0. The van der Waals surface area contributed by atoms with Crippen LogP contribution in [0.5, 0.6) is 5.75 Å². The largest absolute Gasteiger partial charge is 0.493 e. The summed E-state index contributed by atoms with van der Waals surface area (Å²) in [5.41, 5.74) is 0.486. The maximum atomic E-state index is 11.5. The molecule has 0 aromatic heterocycles. The van der Waals surface area contributed by atoms with Gasteiger partial charge in [-0.15, -0.1) is 0 Å². The third-order valence-electron chi connectivity index (χ3n) is 2.82. The van der Waals surface area contributed by atoms with Crippen LogP contribution in [-0.4, -0.2) is 11.7 Å². The quantitative estimate of drug-likeness (QED) is 0.746. The normalized spacial score (nSPS) is 10.5. The number of ether oxygens (including phenoxy) is 1. The first-order valence-corrected chi connectivity index (χ1v) is 6.50. The van der Waals surface area contributed by atoms with Gasteiger partial charge in [0, 0.05) is 0 Å². The predicted octanol–water partition coefficient (Wildman–Crippen LogP) is 4.36. The third kappa shape index (κ3) is 2.79. The molecule has 0 saturated heterocycles. The van der Waals surface area contributed by atoms with Crippen LogP contribution in [0.2, 0.25) is 0 Å². The minimum Gasteiger partial charge on any atom is -0.493 e. The molecule has 0 N–H and O–H groups in total. The van der Waals surface area contributed by atoms with E-state index in [0.717, 1.165) is 23.6 Å². The molecule has 0 atom stereocenters. The SMILES string of the molecule is CCCCOc1cc2ccccc2cc1C(=O)[S]. The second kappa shape index (κ2) is 5.83. The molecule has 0 heterocycles. The van der Waals surface area contributed by atoms with Gasteiger partial charge in [-0.1, -0.05) is 37.6 Å². The van der Waals surface area contributed by atoms with Crippen molar-refractivity contribution in [1.82, 2.24) is 0 Å². The lowest BCUT2D eigenvalue weighted by molar-refractivity contribution is 0.108. The summed E-state index contributed by atoms with van der Waals surface area (Å²) < 4.78 is 5.66. The number of carbonyl (C=O) groups is 1. The molecule has 0 aliphatic carbocycles. The average molecular weight is 259 g/mol. The van der Waals surface area contributed by atoms with E-state index in [0.29, 0.717) is 17.9 Å². The summed E-state index contributed by atoms with van der Waals surface area (Å²) >= 11 is 4.76. The number of benzene rings is 2. The van der Waals surface area contributed by atoms with E-state index in [-0.39, 0.29) is 5.12 Å². The van der Waals surface area contributed by atoms with Gasteiger partial charge in [0.2, 0.25) is 0 Å². The number of carbonyl (C=O) groups excluding carboxylic acids is 1. The van der Waals surface area contributed by atoms with E-state index in [1.165, 1.54) is 0 Å². The first kappa shape index (κ1) is 12.8. The Bertz CT molecular complexity index is 563. The van der Waals surface area contributed by atoms with Crippen molar-refractivity contribution in [3.63, 3.8) is 0 Å². The molecule has 0 amide bonds. The molecule has 2 nitrogen and oxygen atoms in total. The fourth-order valence-corrected chi connectivity index (χ4v) is 1.98. The maximum Gasteiger partial charge on any atom is 0.253 e. The summed E-state index contributed by atoms with van der Waals surface area (Å²) in [4.78, 5) is 11.5. The summed E-state index contributed by atoms with van der Waals surface area (Å²) in [6, 6.07) is 11.6. The molecule has 0 spiro atoms. The Morgan fingerprint density at radius 2 is 1.89 bits per heavy atom. The van der Waals surface area contributed by atoms with Crippen LogP contribution in [0.15, 0.2) is 36.4 Å². The van der Waals surface area contributed by atoms with E-state index in [1.54, 1.807) is 0 Å². The molecule has 3 heteroatoms.